The van der Waals surface area contributed by atoms with Crippen molar-refractivity contribution < 1.29 is 19.6 Å². The van der Waals surface area contributed by atoms with Gasteiger partial charge < -0.3 is 5.32 Å². The van der Waals surface area contributed by atoms with Crippen molar-refractivity contribution >= 4 is 5.82 Å². The first-order chi connectivity index (χ1) is 11.2. The van der Waals surface area contributed by atoms with Crippen LogP contribution in [0.3, 0.4) is 0 Å². The van der Waals surface area contributed by atoms with E-state index in [1.165, 1.54) is 0 Å². The maximum atomic E-state index is 4.95. The third-order valence-corrected chi connectivity index (χ3v) is 3.28. The molecule has 0 atom stereocenters. The van der Waals surface area contributed by atoms with Gasteiger partial charge in [0.1, 0.15) is 12.4 Å². The van der Waals surface area contributed by atoms with Gasteiger partial charge in [0.2, 0.25) is 0 Å². The minimum absolute atomic E-state index is 0.166. The van der Waals surface area contributed by atoms with E-state index in [4.69, 9.17) is 19.6 Å². The van der Waals surface area contributed by atoms with E-state index < -0.39 is 5.79 Å². The van der Waals surface area contributed by atoms with Crippen LogP contribution in [0.1, 0.15) is 6.92 Å². The molecule has 0 bridgehead atoms. The Morgan fingerprint density at radius 1 is 1.26 bits per heavy atom. The second kappa shape index (κ2) is 6.93. The van der Waals surface area contributed by atoms with Crippen LogP contribution in [0.15, 0.2) is 48.7 Å². The molecule has 23 heavy (non-hydrogen) atoms. The Hall–Kier alpha value is -2.19. The standard InChI is InChI=1S/C16H19N3O4/c1-3-20-21-12-16(22-23-16)9-10-17-15-11-14(18-19(15)2)13-7-5-4-6-8-13/h4-11,17H,3,12H2,1-2H3/b10-9-. The first kappa shape index (κ1) is 15.7. The monoisotopic (exact) mass is 317 g/mol. The van der Waals surface area contributed by atoms with Gasteiger partial charge in [0.05, 0.1) is 12.3 Å². The van der Waals surface area contributed by atoms with Crippen molar-refractivity contribution in [3.63, 3.8) is 0 Å². The summed E-state index contributed by atoms with van der Waals surface area (Å²) in [5.41, 5.74) is 1.97. The number of rotatable bonds is 8. The van der Waals surface area contributed by atoms with Crippen LogP contribution in [0, 0.1) is 0 Å². The van der Waals surface area contributed by atoms with E-state index in [-0.39, 0.29) is 6.61 Å². The average Bonchev–Trinajstić information content (AvgIpc) is 3.24. The molecule has 1 saturated heterocycles. The predicted octanol–water partition coefficient (Wildman–Crippen LogP) is 2.64. The number of nitrogens with zero attached hydrogens (tertiary/aromatic N) is 2. The first-order valence-electron chi connectivity index (χ1n) is 7.37. The Morgan fingerprint density at radius 2 is 2.04 bits per heavy atom. The number of hydrogen-bond donors (Lipinski definition) is 1. The minimum Gasteiger partial charge on any atom is -0.347 e. The summed E-state index contributed by atoms with van der Waals surface area (Å²) in [6.07, 6.45) is 3.45. The van der Waals surface area contributed by atoms with Crippen LogP contribution in [0.25, 0.3) is 11.3 Å². The Balaban J connectivity index is 1.61. The molecule has 1 aromatic carbocycles. The zero-order valence-electron chi connectivity index (χ0n) is 13.1. The SMILES string of the molecule is CCOOCC1(/C=C\Nc2cc(-c3ccccc3)nn2C)OO1. The van der Waals surface area contributed by atoms with Gasteiger partial charge >= 0.3 is 0 Å². The van der Waals surface area contributed by atoms with Crippen LogP contribution in [-0.4, -0.2) is 28.8 Å². The van der Waals surface area contributed by atoms with Gasteiger partial charge in [0.25, 0.3) is 5.79 Å². The fourth-order valence-corrected chi connectivity index (χ4v) is 2.02. The molecule has 0 saturated carbocycles. The molecule has 2 heterocycles. The van der Waals surface area contributed by atoms with Crippen LogP contribution in [0.5, 0.6) is 0 Å². The molecule has 0 radical (unpaired) electrons. The second-order valence-electron chi connectivity index (χ2n) is 5.03. The fraction of sp³-hybridized carbons (Fsp3) is 0.312. The van der Waals surface area contributed by atoms with Gasteiger partial charge in [-0.1, -0.05) is 30.3 Å². The summed E-state index contributed by atoms with van der Waals surface area (Å²) in [6.45, 7) is 2.47. The van der Waals surface area contributed by atoms with Crippen molar-refractivity contribution in [3.05, 3.63) is 48.7 Å². The predicted molar refractivity (Wildman–Crippen MR) is 83.9 cm³/mol. The van der Waals surface area contributed by atoms with Crippen molar-refractivity contribution in [1.29, 1.82) is 0 Å². The Morgan fingerprint density at radius 3 is 2.74 bits per heavy atom. The van der Waals surface area contributed by atoms with Crippen LogP contribution in [0.2, 0.25) is 0 Å². The third kappa shape index (κ3) is 3.96. The molecular weight excluding hydrogens is 298 g/mol. The van der Waals surface area contributed by atoms with E-state index in [9.17, 15) is 0 Å². The number of aryl methyl sites for hydroxylation is 1. The molecule has 0 amide bonds. The second-order valence-corrected chi connectivity index (χ2v) is 5.03. The largest absolute Gasteiger partial charge is 0.347 e. The Labute approximate surface area is 134 Å². The highest BCUT2D eigenvalue weighted by atomic mass is 17.4. The molecule has 1 aliphatic rings. The van der Waals surface area contributed by atoms with Crippen molar-refractivity contribution in [2.75, 3.05) is 18.5 Å². The number of hydrogen-bond acceptors (Lipinski definition) is 6. The van der Waals surface area contributed by atoms with Gasteiger partial charge in [-0.2, -0.15) is 14.9 Å². The maximum absolute atomic E-state index is 4.95. The van der Waals surface area contributed by atoms with E-state index in [1.807, 2.05) is 50.4 Å². The lowest BCUT2D eigenvalue weighted by molar-refractivity contribution is -0.298. The van der Waals surface area contributed by atoms with Gasteiger partial charge in [-0.05, 0) is 13.0 Å². The highest BCUT2D eigenvalue weighted by Gasteiger charge is 2.47. The molecule has 1 N–H and O–H groups in total. The quantitative estimate of drug-likeness (QED) is 0.349. The molecule has 7 nitrogen and oxygen atoms in total. The summed E-state index contributed by atoms with van der Waals surface area (Å²) in [5, 5.41) is 7.64. The van der Waals surface area contributed by atoms with E-state index in [1.54, 1.807) is 17.0 Å². The van der Waals surface area contributed by atoms with Crippen molar-refractivity contribution in [2.45, 2.75) is 12.7 Å². The smallest absolute Gasteiger partial charge is 0.280 e. The van der Waals surface area contributed by atoms with Crippen molar-refractivity contribution in [2.24, 2.45) is 7.05 Å². The van der Waals surface area contributed by atoms with Gasteiger partial charge in [-0.3, -0.25) is 4.68 Å². The molecule has 0 aliphatic carbocycles. The number of aromatic nitrogens is 2. The van der Waals surface area contributed by atoms with Gasteiger partial charge in [-0.15, -0.1) is 0 Å². The highest BCUT2D eigenvalue weighted by Crippen LogP contribution is 2.31. The zero-order chi connectivity index (χ0) is 16.1. The molecular formula is C16H19N3O4. The normalized spacial score (nSPS) is 15.9. The van der Waals surface area contributed by atoms with E-state index in [0.717, 1.165) is 17.1 Å². The first-order valence-corrected chi connectivity index (χ1v) is 7.37. The highest BCUT2D eigenvalue weighted by molar-refractivity contribution is 5.63. The molecule has 0 spiro atoms. The molecule has 7 heteroatoms. The van der Waals surface area contributed by atoms with Crippen LogP contribution in [-0.2, 0) is 26.6 Å². The van der Waals surface area contributed by atoms with Crippen LogP contribution in [0.4, 0.5) is 5.82 Å². The fourth-order valence-electron chi connectivity index (χ4n) is 2.02. The topological polar surface area (TPSA) is 73.4 Å². The molecule has 122 valence electrons. The Bertz CT molecular complexity index is 665. The lowest BCUT2D eigenvalue weighted by Crippen LogP contribution is -2.16. The summed E-state index contributed by atoms with van der Waals surface area (Å²) in [4.78, 5) is 19.6. The molecule has 3 rings (SSSR count). The molecule has 1 aromatic heterocycles. The molecule has 0 unspecified atom stereocenters. The van der Waals surface area contributed by atoms with E-state index in [0.29, 0.717) is 6.61 Å². The lowest BCUT2D eigenvalue weighted by Gasteiger charge is -2.03. The summed E-state index contributed by atoms with van der Waals surface area (Å²) in [7, 11) is 1.88. The van der Waals surface area contributed by atoms with Crippen molar-refractivity contribution in [1.82, 2.24) is 9.78 Å². The van der Waals surface area contributed by atoms with Gasteiger partial charge in [0.15, 0.2) is 0 Å². The minimum atomic E-state index is -0.872. The van der Waals surface area contributed by atoms with E-state index >= 15 is 0 Å². The summed E-state index contributed by atoms with van der Waals surface area (Å²) in [6, 6.07) is 12.0. The summed E-state index contributed by atoms with van der Waals surface area (Å²) in [5.74, 6) is -0.0233. The van der Waals surface area contributed by atoms with Gasteiger partial charge in [-0.25, -0.2) is 9.78 Å². The molecule has 2 aromatic rings. The number of benzene rings is 1. The third-order valence-electron chi connectivity index (χ3n) is 3.28. The molecule has 1 aliphatic heterocycles. The van der Waals surface area contributed by atoms with Crippen LogP contribution >= 0.6 is 0 Å². The lowest BCUT2D eigenvalue weighted by atomic mass is 10.2. The van der Waals surface area contributed by atoms with Gasteiger partial charge in [0, 0.05) is 24.9 Å². The zero-order valence-corrected chi connectivity index (χ0v) is 13.1. The maximum Gasteiger partial charge on any atom is 0.280 e. The summed E-state index contributed by atoms with van der Waals surface area (Å²) < 4.78 is 1.77. The average molecular weight is 317 g/mol. The van der Waals surface area contributed by atoms with E-state index in [2.05, 4.69) is 10.4 Å². The molecule has 1 fully saturated rings. The Kier molecular flexibility index (Phi) is 4.73. The number of anilines is 1. The van der Waals surface area contributed by atoms with Crippen LogP contribution < -0.4 is 5.32 Å². The summed E-state index contributed by atoms with van der Waals surface area (Å²) >= 11 is 0. The number of nitrogens with one attached hydrogen (secondary N) is 1. The van der Waals surface area contributed by atoms with Crippen molar-refractivity contribution in [3.8, 4) is 11.3 Å².